The molecule has 0 aromatic heterocycles. The third-order valence-corrected chi connectivity index (χ3v) is 2.63. The van der Waals surface area contributed by atoms with Gasteiger partial charge in [0.1, 0.15) is 24.2 Å². The fraction of sp³-hybridized carbons (Fsp3) is 0.200. The topological polar surface area (TPSA) is 38.7 Å². The van der Waals surface area contributed by atoms with Crippen LogP contribution in [0.5, 0.6) is 11.5 Å². The van der Waals surface area contributed by atoms with Crippen LogP contribution in [0.3, 0.4) is 0 Å². The SMILES string of the molecule is COc1cccc(OCC(O)c2ccccc2)c1. The number of ether oxygens (including phenoxy) is 2. The van der Waals surface area contributed by atoms with E-state index < -0.39 is 6.10 Å². The molecule has 3 nitrogen and oxygen atoms in total. The fourth-order valence-electron chi connectivity index (χ4n) is 1.64. The smallest absolute Gasteiger partial charge is 0.123 e. The molecule has 0 radical (unpaired) electrons. The molecule has 2 aromatic rings. The summed E-state index contributed by atoms with van der Waals surface area (Å²) in [6.07, 6.45) is -0.627. The van der Waals surface area contributed by atoms with Crippen LogP contribution in [0.15, 0.2) is 54.6 Å². The maximum atomic E-state index is 9.95. The zero-order valence-electron chi connectivity index (χ0n) is 10.2. The Morgan fingerprint density at radius 3 is 2.44 bits per heavy atom. The predicted octanol–water partition coefficient (Wildman–Crippen LogP) is 2.81. The molecule has 0 aliphatic heterocycles. The van der Waals surface area contributed by atoms with Gasteiger partial charge in [-0.3, -0.25) is 0 Å². The van der Waals surface area contributed by atoms with Crippen LogP contribution in [0, 0.1) is 0 Å². The first-order chi connectivity index (χ1) is 8.79. The minimum absolute atomic E-state index is 0.219. The van der Waals surface area contributed by atoms with Gasteiger partial charge >= 0.3 is 0 Å². The van der Waals surface area contributed by atoms with Gasteiger partial charge in [0.15, 0.2) is 0 Å². The summed E-state index contributed by atoms with van der Waals surface area (Å²) in [6, 6.07) is 16.8. The summed E-state index contributed by atoms with van der Waals surface area (Å²) in [5.74, 6) is 1.42. The Bertz CT molecular complexity index is 482. The first-order valence-electron chi connectivity index (χ1n) is 5.79. The zero-order chi connectivity index (χ0) is 12.8. The van der Waals surface area contributed by atoms with Gasteiger partial charge in [-0.05, 0) is 17.7 Å². The Morgan fingerprint density at radius 2 is 1.72 bits per heavy atom. The van der Waals surface area contributed by atoms with Gasteiger partial charge < -0.3 is 14.6 Å². The van der Waals surface area contributed by atoms with Crippen LogP contribution in [0.25, 0.3) is 0 Å². The maximum absolute atomic E-state index is 9.95. The summed E-state index contributed by atoms with van der Waals surface area (Å²) in [7, 11) is 1.61. The Morgan fingerprint density at radius 1 is 1.00 bits per heavy atom. The van der Waals surface area contributed by atoms with Crippen LogP contribution in [-0.4, -0.2) is 18.8 Å². The van der Waals surface area contributed by atoms with Gasteiger partial charge in [-0.25, -0.2) is 0 Å². The molecule has 18 heavy (non-hydrogen) atoms. The first-order valence-corrected chi connectivity index (χ1v) is 5.79. The zero-order valence-corrected chi connectivity index (χ0v) is 10.2. The molecule has 1 unspecified atom stereocenters. The molecule has 3 heteroatoms. The largest absolute Gasteiger partial charge is 0.497 e. The Hall–Kier alpha value is -2.00. The summed E-state index contributed by atoms with van der Waals surface area (Å²) >= 11 is 0. The van der Waals surface area contributed by atoms with E-state index in [1.54, 1.807) is 13.2 Å². The van der Waals surface area contributed by atoms with Gasteiger partial charge in [-0.1, -0.05) is 36.4 Å². The van der Waals surface area contributed by atoms with Crippen molar-refractivity contribution in [1.29, 1.82) is 0 Å². The fourth-order valence-corrected chi connectivity index (χ4v) is 1.64. The van der Waals surface area contributed by atoms with Gasteiger partial charge in [0.25, 0.3) is 0 Å². The van der Waals surface area contributed by atoms with Gasteiger partial charge in [0.05, 0.1) is 7.11 Å². The van der Waals surface area contributed by atoms with Gasteiger partial charge in [0.2, 0.25) is 0 Å². The number of methoxy groups -OCH3 is 1. The second-order valence-electron chi connectivity index (χ2n) is 3.92. The average Bonchev–Trinajstić information content (AvgIpc) is 2.46. The van der Waals surface area contributed by atoms with E-state index in [4.69, 9.17) is 9.47 Å². The molecule has 0 saturated heterocycles. The van der Waals surface area contributed by atoms with Crippen molar-refractivity contribution in [2.24, 2.45) is 0 Å². The second kappa shape index (κ2) is 6.07. The third-order valence-electron chi connectivity index (χ3n) is 2.63. The highest BCUT2D eigenvalue weighted by molar-refractivity contribution is 5.32. The van der Waals surface area contributed by atoms with E-state index in [-0.39, 0.29) is 6.61 Å². The highest BCUT2D eigenvalue weighted by atomic mass is 16.5. The molecular formula is C15H16O3. The van der Waals surface area contributed by atoms with Crippen LogP contribution in [-0.2, 0) is 0 Å². The average molecular weight is 244 g/mol. The monoisotopic (exact) mass is 244 g/mol. The van der Waals surface area contributed by atoms with Crippen LogP contribution >= 0.6 is 0 Å². The molecule has 0 aliphatic carbocycles. The Labute approximate surface area is 107 Å². The number of benzene rings is 2. The quantitative estimate of drug-likeness (QED) is 0.879. The van der Waals surface area contributed by atoms with Crippen molar-refractivity contribution < 1.29 is 14.6 Å². The van der Waals surface area contributed by atoms with E-state index in [9.17, 15) is 5.11 Å². The molecule has 2 rings (SSSR count). The van der Waals surface area contributed by atoms with Crippen LogP contribution in [0.2, 0.25) is 0 Å². The van der Waals surface area contributed by atoms with Crippen molar-refractivity contribution in [3.8, 4) is 11.5 Å². The van der Waals surface area contributed by atoms with Crippen molar-refractivity contribution in [3.63, 3.8) is 0 Å². The summed E-state index contributed by atoms with van der Waals surface area (Å²) < 4.78 is 10.6. The molecule has 0 saturated carbocycles. The van der Waals surface area contributed by atoms with Crippen molar-refractivity contribution in [2.75, 3.05) is 13.7 Å². The molecule has 94 valence electrons. The standard InChI is InChI=1S/C15H16O3/c1-17-13-8-5-9-14(10-13)18-11-15(16)12-6-3-2-4-7-12/h2-10,15-16H,11H2,1H3. The maximum Gasteiger partial charge on any atom is 0.123 e. The first kappa shape index (κ1) is 12.5. The molecule has 0 fully saturated rings. The number of rotatable bonds is 5. The van der Waals surface area contributed by atoms with Gasteiger partial charge in [-0.2, -0.15) is 0 Å². The Balaban J connectivity index is 1.95. The molecule has 0 heterocycles. The molecule has 0 aliphatic rings. The number of hydrogen-bond donors (Lipinski definition) is 1. The molecule has 1 N–H and O–H groups in total. The normalized spacial score (nSPS) is 11.9. The van der Waals surface area contributed by atoms with E-state index in [2.05, 4.69) is 0 Å². The highest BCUT2D eigenvalue weighted by Crippen LogP contribution is 2.20. The summed E-state index contributed by atoms with van der Waals surface area (Å²) in [6.45, 7) is 0.219. The van der Waals surface area contributed by atoms with Crippen molar-refractivity contribution in [1.82, 2.24) is 0 Å². The predicted molar refractivity (Wildman–Crippen MR) is 69.9 cm³/mol. The van der Waals surface area contributed by atoms with Crippen LogP contribution in [0.4, 0.5) is 0 Å². The number of aliphatic hydroxyl groups excluding tert-OH is 1. The van der Waals surface area contributed by atoms with Crippen molar-refractivity contribution >= 4 is 0 Å². The Kier molecular flexibility index (Phi) is 4.20. The van der Waals surface area contributed by atoms with E-state index in [0.717, 1.165) is 11.3 Å². The number of aliphatic hydroxyl groups is 1. The third kappa shape index (κ3) is 3.25. The summed E-state index contributed by atoms with van der Waals surface area (Å²) in [4.78, 5) is 0. The molecular weight excluding hydrogens is 228 g/mol. The van der Waals surface area contributed by atoms with E-state index in [1.807, 2.05) is 48.5 Å². The second-order valence-corrected chi connectivity index (χ2v) is 3.92. The lowest BCUT2D eigenvalue weighted by molar-refractivity contribution is 0.108. The van der Waals surface area contributed by atoms with E-state index in [0.29, 0.717) is 5.75 Å². The van der Waals surface area contributed by atoms with Crippen LogP contribution < -0.4 is 9.47 Å². The minimum atomic E-state index is -0.627. The molecule has 0 amide bonds. The van der Waals surface area contributed by atoms with Gasteiger partial charge in [0, 0.05) is 6.07 Å². The summed E-state index contributed by atoms with van der Waals surface area (Å²) in [5, 5.41) is 9.95. The molecule has 0 bridgehead atoms. The highest BCUT2D eigenvalue weighted by Gasteiger charge is 2.07. The van der Waals surface area contributed by atoms with Crippen molar-refractivity contribution in [2.45, 2.75) is 6.10 Å². The van der Waals surface area contributed by atoms with Crippen LogP contribution in [0.1, 0.15) is 11.7 Å². The molecule has 0 spiro atoms. The lowest BCUT2D eigenvalue weighted by atomic mass is 10.1. The summed E-state index contributed by atoms with van der Waals surface area (Å²) in [5.41, 5.74) is 0.848. The number of hydrogen-bond acceptors (Lipinski definition) is 3. The lowest BCUT2D eigenvalue weighted by Crippen LogP contribution is -2.09. The minimum Gasteiger partial charge on any atom is -0.497 e. The molecule has 2 aromatic carbocycles. The van der Waals surface area contributed by atoms with Crippen molar-refractivity contribution in [3.05, 3.63) is 60.2 Å². The van der Waals surface area contributed by atoms with Gasteiger partial charge in [-0.15, -0.1) is 0 Å². The van der Waals surface area contributed by atoms with E-state index in [1.165, 1.54) is 0 Å². The van der Waals surface area contributed by atoms with E-state index >= 15 is 0 Å². The molecule has 1 atom stereocenters. The lowest BCUT2D eigenvalue weighted by Gasteiger charge is -2.13.